The number of nitrogens with zero attached hydrogens (tertiary/aromatic N) is 3. The van der Waals surface area contributed by atoms with Crippen LogP contribution in [0.4, 0.5) is 5.88 Å². The summed E-state index contributed by atoms with van der Waals surface area (Å²) >= 11 is 1.40. The lowest BCUT2D eigenvalue weighted by atomic mass is 9.96. The summed E-state index contributed by atoms with van der Waals surface area (Å²) in [5.41, 5.74) is 4.15. The van der Waals surface area contributed by atoms with Gasteiger partial charge in [0.05, 0.1) is 24.9 Å². The van der Waals surface area contributed by atoms with Crippen LogP contribution in [0.3, 0.4) is 0 Å². The van der Waals surface area contributed by atoms with Gasteiger partial charge in [-0.15, -0.1) is 0 Å². The van der Waals surface area contributed by atoms with Crippen molar-refractivity contribution in [1.29, 1.82) is 0 Å². The lowest BCUT2D eigenvalue weighted by Gasteiger charge is -2.23. The topological polar surface area (TPSA) is 97.0 Å². The first-order chi connectivity index (χ1) is 19.4. The van der Waals surface area contributed by atoms with E-state index in [2.05, 4.69) is 16.8 Å². The molecule has 2 aromatic carbocycles. The van der Waals surface area contributed by atoms with Crippen LogP contribution in [0.1, 0.15) is 79.0 Å². The molecule has 0 bridgehead atoms. The smallest absolute Gasteiger partial charge is 0.338 e. The number of nitrogens with one attached hydrogen (secondary N) is 1. The van der Waals surface area contributed by atoms with Crippen LogP contribution in [0.25, 0.3) is 11.1 Å². The van der Waals surface area contributed by atoms with E-state index in [-0.39, 0.29) is 5.91 Å². The van der Waals surface area contributed by atoms with E-state index in [4.69, 9.17) is 14.3 Å². The summed E-state index contributed by atoms with van der Waals surface area (Å²) in [6, 6.07) is 13.6. The summed E-state index contributed by atoms with van der Waals surface area (Å²) in [5, 5.41) is 4.01. The van der Waals surface area contributed by atoms with Gasteiger partial charge in [0.25, 0.3) is 5.91 Å². The van der Waals surface area contributed by atoms with Crippen molar-refractivity contribution in [2.75, 3.05) is 11.8 Å². The molecule has 0 saturated heterocycles. The minimum atomic E-state index is -0.586. The molecule has 0 unspecified atom stereocenters. The lowest BCUT2D eigenvalue weighted by molar-refractivity contribution is -0.131. The van der Waals surface area contributed by atoms with Crippen LogP contribution >= 0.6 is 11.9 Å². The molecule has 2 heterocycles. The Kier molecular flexibility index (Phi) is 8.30. The Morgan fingerprint density at radius 2 is 1.93 bits per heavy atom. The van der Waals surface area contributed by atoms with Gasteiger partial charge in [0.2, 0.25) is 5.88 Å². The Hall–Kier alpha value is -3.59. The van der Waals surface area contributed by atoms with Crippen molar-refractivity contribution in [3.05, 3.63) is 64.8 Å². The minimum Gasteiger partial charge on any atom is -0.465 e. The van der Waals surface area contributed by atoms with Gasteiger partial charge in [0.15, 0.2) is 0 Å². The fourth-order valence-corrected chi connectivity index (χ4v) is 6.30. The third kappa shape index (κ3) is 5.39. The molecule has 8 nitrogen and oxygen atoms in total. The molecule has 1 aromatic heterocycles. The second kappa shape index (κ2) is 11.9. The Morgan fingerprint density at radius 1 is 1.15 bits per heavy atom. The highest BCUT2D eigenvalue weighted by Crippen LogP contribution is 2.41. The molecule has 1 N–H and O–H groups in total. The number of amides is 1. The Labute approximate surface area is 239 Å². The molecule has 0 atom stereocenters. The SMILES string of the molecule is CCCCC1=NC2(CCCC2)C(=O)N1Cc1ccc(-c2ccccc2SNc2onc(C)c2C)c(C(=O)OC)c1. The van der Waals surface area contributed by atoms with Gasteiger partial charge in [-0.3, -0.25) is 19.4 Å². The molecule has 0 radical (unpaired) electrons. The number of esters is 1. The highest BCUT2D eigenvalue weighted by molar-refractivity contribution is 8.00. The van der Waals surface area contributed by atoms with Gasteiger partial charge in [-0.2, -0.15) is 0 Å². The summed E-state index contributed by atoms with van der Waals surface area (Å²) < 4.78 is 13.8. The molecule has 1 saturated carbocycles. The lowest BCUT2D eigenvalue weighted by Crippen LogP contribution is -2.40. The van der Waals surface area contributed by atoms with Gasteiger partial charge in [0.1, 0.15) is 11.4 Å². The van der Waals surface area contributed by atoms with E-state index in [0.29, 0.717) is 18.0 Å². The number of rotatable bonds is 10. The van der Waals surface area contributed by atoms with Gasteiger partial charge in [-0.25, -0.2) is 4.79 Å². The Morgan fingerprint density at radius 3 is 2.62 bits per heavy atom. The van der Waals surface area contributed by atoms with Crippen LogP contribution in [0, 0.1) is 13.8 Å². The van der Waals surface area contributed by atoms with E-state index in [1.54, 1.807) is 0 Å². The third-order valence-electron chi connectivity index (χ3n) is 7.90. The number of hydrogen-bond acceptors (Lipinski definition) is 8. The number of ether oxygens (including phenoxy) is 1. The molecule has 210 valence electrons. The molecule has 1 aliphatic heterocycles. The van der Waals surface area contributed by atoms with Crippen molar-refractivity contribution in [2.24, 2.45) is 4.99 Å². The number of hydrogen-bond donors (Lipinski definition) is 1. The van der Waals surface area contributed by atoms with Crippen molar-refractivity contribution in [1.82, 2.24) is 10.1 Å². The predicted octanol–water partition coefficient (Wildman–Crippen LogP) is 7.11. The molecule has 5 rings (SSSR count). The van der Waals surface area contributed by atoms with Gasteiger partial charge >= 0.3 is 5.97 Å². The molecule has 9 heteroatoms. The molecule has 2 aliphatic rings. The maximum absolute atomic E-state index is 13.6. The van der Waals surface area contributed by atoms with Gasteiger partial charge in [-0.1, -0.05) is 61.7 Å². The van der Waals surface area contributed by atoms with E-state index in [0.717, 1.165) is 83.6 Å². The quantitative estimate of drug-likeness (QED) is 0.208. The monoisotopic (exact) mass is 560 g/mol. The van der Waals surface area contributed by atoms with Crippen molar-refractivity contribution in [3.63, 3.8) is 0 Å². The standard InChI is InChI=1S/C31H36N4O4S/c1-5-6-13-27-32-31(16-9-10-17-31)30(37)35(27)19-22-14-15-23(25(18-22)29(36)38-4)24-11-7-8-12-26(24)40-34-28-20(2)21(3)33-39-28/h7-8,11-12,14-15,18,34H,5-6,9-10,13,16-17,19H2,1-4H3. The molecule has 1 spiro atoms. The predicted molar refractivity (Wildman–Crippen MR) is 157 cm³/mol. The van der Waals surface area contributed by atoms with Gasteiger partial charge in [0, 0.05) is 16.9 Å². The van der Waals surface area contributed by atoms with E-state index in [1.807, 2.05) is 61.2 Å². The first-order valence-electron chi connectivity index (χ1n) is 13.9. The number of carbonyl (C=O) groups is 2. The minimum absolute atomic E-state index is 0.102. The average molecular weight is 561 g/mol. The summed E-state index contributed by atoms with van der Waals surface area (Å²) in [6.45, 7) is 6.38. The van der Waals surface area contributed by atoms with E-state index < -0.39 is 11.5 Å². The van der Waals surface area contributed by atoms with Crippen LogP contribution in [0.2, 0.25) is 0 Å². The summed E-state index contributed by atoms with van der Waals surface area (Å²) in [6.07, 6.45) is 6.52. The molecule has 40 heavy (non-hydrogen) atoms. The number of amidine groups is 1. The summed E-state index contributed by atoms with van der Waals surface area (Å²) in [4.78, 5) is 34.4. The molecular weight excluding hydrogens is 524 g/mol. The highest BCUT2D eigenvalue weighted by atomic mass is 32.2. The van der Waals surface area contributed by atoms with Crippen LogP contribution in [0.5, 0.6) is 0 Å². The van der Waals surface area contributed by atoms with Gasteiger partial charge in [-0.05, 0) is 73.9 Å². The maximum atomic E-state index is 13.6. The summed E-state index contributed by atoms with van der Waals surface area (Å²) in [7, 11) is 1.39. The highest BCUT2D eigenvalue weighted by Gasteiger charge is 2.49. The zero-order valence-corrected chi connectivity index (χ0v) is 24.4. The van der Waals surface area contributed by atoms with Crippen molar-refractivity contribution in [3.8, 4) is 11.1 Å². The van der Waals surface area contributed by atoms with Gasteiger partial charge < -0.3 is 9.26 Å². The molecular formula is C31H36N4O4S. The number of aromatic nitrogens is 1. The van der Waals surface area contributed by atoms with Crippen LogP contribution in [-0.2, 0) is 16.1 Å². The second-order valence-corrected chi connectivity index (χ2v) is 11.4. The van der Waals surface area contributed by atoms with E-state index >= 15 is 0 Å². The van der Waals surface area contributed by atoms with E-state index in [1.165, 1.54) is 19.1 Å². The van der Waals surface area contributed by atoms with Crippen LogP contribution in [-0.4, -0.2) is 40.4 Å². The normalized spacial score (nSPS) is 16.1. The number of aryl methyl sites for hydroxylation is 1. The van der Waals surface area contributed by atoms with Crippen molar-refractivity contribution in [2.45, 2.75) is 82.7 Å². The number of anilines is 1. The summed E-state index contributed by atoms with van der Waals surface area (Å²) in [5.74, 6) is 1.15. The Balaban J connectivity index is 1.44. The first-order valence-corrected chi connectivity index (χ1v) is 14.8. The molecule has 3 aromatic rings. The number of benzene rings is 2. The molecule has 1 amide bonds. The maximum Gasteiger partial charge on any atom is 0.338 e. The third-order valence-corrected chi connectivity index (χ3v) is 8.76. The first kappa shape index (κ1) is 28.0. The van der Waals surface area contributed by atoms with Crippen molar-refractivity contribution >= 4 is 35.5 Å². The second-order valence-electron chi connectivity index (χ2n) is 10.6. The fraction of sp³-hybridized carbons (Fsp3) is 0.419. The number of aliphatic imine (C=N–C) groups is 1. The largest absolute Gasteiger partial charge is 0.465 e. The molecule has 1 fully saturated rings. The van der Waals surface area contributed by atoms with Crippen LogP contribution in [0.15, 0.2) is 56.9 Å². The number of carbonyl (C=O) groups excluding carboxylic acids is 2. The van der Waals surface area contributed by atoms with E-state index in [9.17, 15) is 9.59 Å². The van der Waals surface area contributed by atoms with Crippen molar-refractivity contribution < 1.29 is 18.8 Å². The average Bonchev–Trinajstić information content (AvgIpc) is 3.65. The number of unbranched alkanes of at least 4 members (excludes halogenated alkanes) is 1. The Bertz CT molecular complexity index is 1440. The zero-order chi connectivity index (χ0) is 28.3. The number of methoxy groups -OCH3 is 1. The zero-order valence-electron chi connectivity index (χ0n) is 23.6. The fourth-order valence-electron chi connectivity index (χ4n) is 5.47. The van der Waals surface area contributed by atoms with Crippen LogP contribution < -0.4 is 4.72 Å². The molecule has 1 aliphatic carbocycles.